The smallest absolute Gasteiger partial charge is 0.327 e. The molecule has 9 nitrogen and oxygen atoms in total. The molecular formula is C13H8N3O6+. The number of ether oxygens (including phenoxy) is 1. The van der Waals surface area contributed by atoms with Gasteiger partial charge in [0.15, 0.2) is 17.1 Å². The summed E-state index contributed by atoms with van der Waals surface area (Å²) in [4.78, 5) is 33.0. The van der Waals surface area contributed by atoms with Crippen LogP contribution >= 0.6 is 0 Å². The first-order valence-electron chi connectivity index (χ1n) is 6.04. The van der Waals surface area contributed by atoms with E-state index < -0.39 is 27.1 Å². The van der Waals surface area contributed by atoms with Gasteiger partial charge in [0.05, 0.1) is 27.7 Å². The van der Waals surface area contributed by atoms with Crippen molar-refractivity contribution in [1.82, 2.24) is 0 Å². The highest BCUT2D eigenvalue weighted by molar-refractivity contribution is 6.11. The van der Waals surface area contributed by atoms with Gasteiger partial charge in [0, 0.05) is 0 Å². The van der Waals surface area contributed by atoms with E-state index in [1.54, 1.807) is 24.3 Å². The van der Waals surface area contributed by atoms with Crippen LogP contribution in [-0.2, 0) is 0 Å². The second-order valence-corrected chi connectivity index (χ2v) is 4.42. The molecule has 1 aliphatic rings. The maximum absolute atomic E-state index is 12.2. The van der Waals surface area contributed by atoms with E-state index in [9.17, 15) is 19.8 Å². The average molecular weight is 302 g/mol. The molecule has 2 aromatic carbocycles. The van der Waals surface area contributed by atoms with Crippen molar-refractivity contribution in [3.63, 3.8) is 0 Å². The molecule has 0 fully saturated rings. The fraction of sp³-hybridized carbons (Fsp3) is 0. The molecule has 0 unspecified atom stereocenters. The number of nitrogens with zero attached hydrogens (tertiary/aromatic N) is 2. The van der Waals surface area contributed by atoms with Crippen LogP contribution in [0.1, 0.15) is 10.4 Å². The van der Waals surface area contributed by atoms with Crippen LogP contribution in [0.5, 0.6) is 11.5 Å². The Morgan fingerprint density at radius 2 is 1.86 bits per heavy atom. The highest BCUT2D eigenvalue weighted by atomic mass is 16.6. The molecule has 9 heteroatoms. The Morgan fingerprint density at radius 3 is 2.55 bits per heavy atom. The predicted octanol–water partition coefficient (Wildman–Crippen LogP) is 2.75. The quantitative estimate of drug-likeness (QED) is 0.649. The number of para-hydroxylation sites is 2. The standard InChI is InChI=1S/C13H7N3O6/c17-13-12-9(16(20)21)5-7(15(18)19)6-11(12)22-10-4-2-1-3-8(10)14-13/h1-6H,(H-,14,17,18,19)/p+1. The maximum atomic E-state index is 12.2. The predicted molar refractivity (Wildman–Crippen MR) is 72.6 cm³/mol. The third kappa shape index (κ3) is 2.10. The molecule has 2 N–H and O–H groups in total. The average Bonchev–Trinajstić information content (AvgIpc) is 2.61. The molecule has 22 heavy (non-hydrogen) atoms. The summed E-state index contributed by atoms with van der Waals surface area (Å²) < 4.78 is 5.49. The maximum Gasteiger partial charge on any atom is 0.327 e. The molecule has 110 valence electrons. The van der Waals surface area contributed by atoms with E-state index in [-0.39, 0.29) is 17.1 Å². The van der Waals surface area contributed by atoms with Gasteiger partial charge in [-0.05, 0) is 12.1 Å². The molecule has 0 atom stereocenters. The van der Waals surface area contributed by atoms with Crippen molar-refractivity contribution in [2.75, 3.05) is 5.32 Å². The fourth-order valence-electron chi connectivity index (χ4n) is 2.11. The number of rotatable bonds is 2. The van der Waals surface area contributed by atoms with Crippen LogP contribution in [0.4, 0.5) is 17.1 Å². The lowest BCUT2D eigenvalue weighted by Crippen LogP contribution is -2.13. The summed E-state index contributed by atoms with van der Waals surface area (Å²) in [5, 5.41) is 22.6. The van der Waals surface area contributed by atoms with Crippen LogP contribution in [-0.4, -0.2) is 21.0 Å². The van der Waals surface area contributed by atoms with Crippen molar-refractivity contribution in [3.8, 4) is 11.5 Å². The summed E-state index contributed by atoms with van der Waals surface area (Å²) in [6.45, 7) is 0. The molecule has 0 saturated carbocycles. The first kappa shape index (κ1) is 13.5. The van der Waals surface area contributed by atoms with Crippen molar-refractivity contribution in [3.05, 3.63) is 57.0 Å². The van der Waals surface area contributed by atoms with E-state index in [1.165, 1.54) is 0 Å². The molecule has 0 spiro atoms. The second-order valence-electron chi connectivity index (χ2n) is 4.42. The van der Waals surface area contributed by atoms with Crippen LogP contribution in [0.25, 0.3) is 0 Å². The number of amides is 1. The van der Waals surface area contributed by atoms with Gasteiger partial charge in [-0.2, -0.15) is 0 Å². The van der Waals surface area contributed by atoms with E-state index in [0.29, 0.717) is 5.69 Å². The van der Waals surface area contributed by atoms with Gasteiger partial charge in [-0.25, -0.2) is 5.21 Å². The lowest BCUT2D eigenvalue weighted by atomic mass is 10.1. The number of benzene rings is 2. The molecule has 0 radical (unpaired) electrons. The number of carbonyl (C=O) groups is 1. The summed E-state index contributed by atoms with van der Waals surface area (Å²) in [6, 6.07) is 8.28. The van der Waals surface area contributed by atoms with Crippen molar-refractivity contribution in [2.45, 2.75) is 0 Å². The van der Waals surface area contributed by atoms with E-state index in [2.05, 4.69) is 5.32 Å². The summed E-state index contributed by atoms with van der Waals surface area (Å²) in [7, 11) is 0. The van der Waals surface area contributed by atoms with Crippen molar-refractivity contribution >= 4 is 23.0 Å². The Labute approximate surface area is 122 Å². The number of hydrogen-bond donors (Lipinski definition) is 2. The zero-order chi connectivity index (χ0) is 15.9. The van der Waals surface area contributed by atoms with E-state index in [1.807, 2.05) is 0 Å². The lowest BCUT2D eigenvalue weighted by Gasteiger charge is -2.06. The molecule has 1 amide bonds. The number of nitro benzene ring substituents is 1. The van der Waals surface area contributed by atoms with Gasteiger partial charge in [-0.3, -0.25) is 14.9 Å². The first-order chi connectivity index (χ1) is 10.5. The minimum atomic E-state index is -0.829. The SMILES string of the molecule is O=C1Nc2ccccc2Oc2cc([N+](=O)O)cc([N+](=O)[O-])c21. The summed E-state index contributed by atoms with van der Waals surface area (Å²) in [5.41, 5.74) is -1.06. The molecule has 1 aliphatic heterocycles. The molecule has 1 heterocycles. The van der Waals surface area contributed by atoms with Crippen molar-refractivity contribution in [1.29, 1.82) is 0 Å². The number of nitrogens with one attached hydrogen (secondary N) is 1. The Balaban J connectivity index is 2.28. The van der Waals surface area contributed by atoms with E-state index in [0.717, 1.165) is 12.1 Å². The zero-order valence-corrected chi connectivity index (χ0v) is 10.8. The molecule has 0 aromatic heterocycles. The van der Waals surface area contributed by atoms with Crippen LogP contribution in [0.15, 0.2) is 36.4 Å². The van der Waals surface area contributed by atoms with Gasteiger partial charge in [0.2, 0.25) is 0 Å². The molecule has 3 rings (SSSR count). The number of fused-ring (bicyclic) bond motifs is 2. The van der Waals surface area contributed by atoms with Crippen molar-refractivity contribution in [2.24, 2.45) is 0 Å². The van der Waals surface area contributed by atoms with Crippen LogP contribution in [0.3, 0.4) is 0 Å². The number of carbonyl (C=O) groups excluding carboxylic acids is 1. The largest absolute Gasteiger partial charge is 0.454 e. The van der Waals surface area contributed by atoms with E-state index in [4.69, 9.17) is 9.94 Å². The molecule has 0 aliphatic carbocycles. The third-order valence-corrected chi connectivity index (χ3v) is 3.07. The topological polar surface area (TPSA) is 122 Å². The molecule has 0 bridgehead atoms. The first-order valence-corrected chi connectivity index (χ1v) is 6.04. The van der Waals surface area contributed by atoms with E-state index >= 15 is 0 Å². The third-order valence-electron chi connectivity index (χ3n) is 3.07. The Morgan fingerprint density at radius 1 is 1.14 bits per heavy atom. The summed E-state index contributed by atoms with van der Waals surface area (Å²) in [5.74, 6) is -0.674. The van der Waals surface area contributed by atoms with Gasteiger partial charge >= 0.3 is 5.69 Å². The molecule has 2 aromatic rings. The summed E-state index contributed by atoms with van der Waals surface area (Å²) >= 11 is 0. The highest BCUT2D eigenvalue weighted by Crippen LogP contribution is 2.41. The van der Waals surface area contributed by atoms with Crippen LogP contribution in [0.2, 0.25) is 0 Å². The molecular weight excluding hydrogens is 294 g/mol. The van der Waals surface area contributed by atoms with Crippen LogP contribution < -0.4 is 10.1 Å². The van der Waals surface area contributed by atoms with Gasteiger partial charge < -0.3 is 10.1 Å². The Hall–Kier alpha value is -3.49. The fourth-order valence-corrected chi connectivity index (χ4v) is 2.11. The minimum Gasteiger partial charge on any atom is -0.454 e. The van der Waals surface area contributed by atoms with Gasteiger partial charge in [0.1, 0.15) is 0 Å². The van der Waals surface area contributed by atoms with Gasteiger partial charge in [-0.1, -0.05) is 12.1 Å². The van der Waals surface area contributed by atoms with Gasteiger partial charge in [-0.15, -0.1) is 0 Å². The number of anilines is 1. The summed E-state index contributed by atoms with van der Waals surface area (Å²) in [6.07, 6.45) is 0. The lowest BCUT2D eigenvalue weighted by molar-refractivity contribution is -0.729. The monoisotopic (exact) mass is 302 g/mol. The van der Waals surface area contributed by atoms with Crippen molar-refractivity contribution < 1.29 is 24.6 Å². The van der Waals surface area contributed by atoms with Crippen LogP contribution in [0, 0.1) is 15.0 Å². The second kappa shape index (κ2) is 4.81. The highest BCUT2D eigenvalue weighted by Gasteiger charge is 2.33. The van der Waals surface area contributed by atoms with Gasteiger partial charge in [0.25, 0.3) is 16.5 Å². The number of nitro groups is 1. The molecule has 0 saturated heterocycles. The Kier molecular flexibility index (Phi) is 2.95. The zero-order valence-electron chi connectivity index (χ0n) is 10.8. The Bertz CT molecular complexity index is 833. The normalized spacial score (nSPS) is 12.3. The number of hydrogen-bond acceptors (Lipinski definition) is 5. The minimum absolute atomic E-state index is 0.193.